The molecule has 1 saturated heterocycles. The number of likely N-dealkylation sites (tertiary alicyclic amines) is 1. The third-order valence-electron chi connectivity index (χ3n) is 3.74. The Morgan fingerprint density at radius 2 is 1.82 bits per heavy atom. The van der Waals surface area contributed by atoms with Gasteiger partial charge in [-0.3, -0.25) is 4.90 Å². The maximum atomic E-state index is 3.48. The van der Waals surface area contributed by atoms with Gasteiger partial charge in [0.2, 0.25) is 0 Å². The van der Waals surface area contributed by atoms with E-state index in [2.05, 4.69) is 42.7 Å². The summed E-state index contributed by atoms with van der Waals surface area (Å²) in [6.45, 7) is 6.91. The fourth-order valence-corrected chi connectivity index (χ4v) is 2.33. The average Bonchev–Trinajstić information content (AvgIpc) is 2.92. The van der Waals surface area contributed by atoms with Crippen molar-refractivity contribution in [3.05, 3.63) is 35.9 Å². The van der Waals surface area contributed by atoms with Crippen LogP contribution in [0.25, 0.3) is 0 Å². The molecule has 1 aromatic carbocycles. The molecule has 0 amide bonds. The molecule has 0 spiro atoms. The first kappa shape index (κ1) is 12.2. The quantitative estimate of drug-likeness (QED) is 0.701. The fraction of sp³-hybridized carbons (Fsp3) is 0.500. The standard InChI is InChI=1S/C16H21N/c1-3-16(2,17-13-7-8-14-17)12-11-15-9-5-4-6-10-15/h4-6,9-10H,3,7-8,13-14H2,1-2H3. The molecule has 0 saturated carbocycles. The lowest BCUT2D eigenvalue weighted by atomic mass is 9.97. The molecule has 0 radical (unpaired) electrons. The van der Waals surface area contributed by atoms with Crippen LogP contribution in [0.5, 0.6) is 0 Å². The van der Waals surface area contributed by atoms with Crippen LogP contribution in [0, 0.1) is 11.8 Å². The third kappa shape index (κ3) is 2.90. The van der Waals surface area contributed by atoms with E-state index < -0.39 is 0 Å². The van der Waals surface area contributed by atoms with Gasteiger partial charge in [-0.05, 0) is 51.4 Å². The number of rotatable bonds is 2. The molecule has 1 atom stereocenters. The molecule has 17 heavy (non-hydrogen) atoms. The van der Waals surface area contributed by atoms with E-state index in [1.807, 2.05) is 18.2 Å². The molecule has 0 aromatic heterocycles. The van der Waals surface area contributed by atoms with E-state index in [0.717, 1.165) is 12.0 Å². The average molecular weight is 227 g/mol. The van der Waals surface area contributed by atoms with Crippen molar-refractivity contribution in [3.8, 4) is 11.8 Å². The molecular formula is C16H21N. The van der Waals surface area contributed by atoms with Crippen molar-refractivity contribution in [1.29, 1.82) is 0 Å². The second-order valence-corrected chi connectivity index (χ2v) is 4.94. The zero-order valence-corrected chi connectivity index (χ0v) is 10.9. The van der Waals surface area contributed by atoms with E-state index >= 15 is 0 Å². The lowest BCUT2D eigenvalue weighted by Gasteiger charge is -2.33. The molecule has 2 rings (SSSR count). The minimum absolute atomic E-state index is 0.0480. The van der Waals surface area contributed by atoms with Crippen molar-refractivity contribution >= 4 is 0 Å². The molecule has 1 aromatic rings. The van der Waals surface area contributed by atoms with Crippen LogP contribution in [-0.4, -0.2) is 23.5 Å². The Morgan fingerprint density at radius 1 is 1.18 bits per heavy atom. The van der Waals surface area contributed by atoms with Gasteiger partial charge in [-0.1, -0.05) is 37.0 Å². The van der Waals surface area contributed by atoms with Gasteiger partial charge in [0.05, 0.1) is 5.54 Å². The molecule has 0 aliphatic carbocycles. The van der Waals surface area contributed by atoms with Gasteiger partial charge in [0, 0.05) is 5.56 Å². The highest BCUT2D eigenvalue weighted by atomic mass is 15.2. The van der Waals surface area contributed by atoms with Gasteiger partial charge in [-0.25, -0.2) is 0 Å². The fourth-order valence-electron chi connectivity index (χ4n) is 2.33. The largest absolute Gasteiger partial charge is 0.288 e. The molecule has 1 heterocycles. The van der Waals surface area contributed by atoms with E-state index in [1.54, 1.807) is 0 Å². The first-order valence-corrected chi connectivity index (χ1v) is 6.58. The Kier molecular flexibility index (Phi) is 3.86. The van der Waals surface area contributed by atoms with E-state index in [4.69, 9.17) is 0 Å². The lowest BCUT2D eigenvalue weighted by molar-refractivity contribution is 0.189. The predicted octanol–water partition coefficient (Wildman–Crippen LogP) is 3.30. The van der Waals surface area contributed by atoms with Crippen LogP contribution in [-0.2, 0) is 0 Å². The first-order valence-electron chi connectivity index (χ1n) is 6.58. The van der Waals surface area contributed by atoms with Crippen LogP contribution >= 0.6 is 0 Å². The molecule has 90 valence electrons. The van der Waals surface area contributed by atoms with Gasteiger partial charge < -0.3 is 0 Å². The SMILES string of the molecule is CCC(C)(C#Cc1ccccc1)N1CCCC1. The van der Waals surface area contributed by atoms with Crippen LogP contribution in [0.15, 0.2) is 30.3 Å². The second kappa shape index (κ2) is 5.38. The summed E-state index contributed by atoms with van der Waals surface area (Å²) in [7, 11) is 0. The van der Waals surface area contributed by atoms with Crippen LogP contribution in [0.2, 0.25) is 0 Å². The van der Waals surface area contributed by atoms with Crippen molar-refractivity contribution in [2.24, 2.45) is 0 Å². The predicted molar refractivity (Wildman–Crippen MR) is 72.8 cm³/mol. The summed E-state index contributed by atoms with van der Waals surface area (Å²) >= 11 is 0. The zero-order valence-electron chi connectivity index (χ0n) is 10.9. The van der Waals surface area contributed by atoms with Crippen molar-refractivity contribution in [2.75, 3.05) is 13.1 Å². The summed E-state index contributed by atoms with van der Waals surface area (Å²) in [4.78, 5) is 2.53. The zero-order chi connectivity index (χ0) is 12.1. The van der Waals surface area contributed by atoms with Crippen LogP contribution in [0.3, 0.4) is 0 Å². The Labute approximate surface area is 105 Å². The van der Waals surface area contributed by atoms with Crippen molar-refractivity contribution < 1.29 is 0 Å². The van der Waals surface area contributed by atoms with E-state index in [1.165, 1.54) is 25.9 Å². The van der Waals surface area contributed by atoms with Gasteiger partial charge in [0.25, 0.3) is 0 Å². The highest BCUT2D eigenvalue weighted by molar-refractivity contribution is 5.36. The molecule has 1 nitrogen and oxygen atoms in total. The van der Waals surface area contributed by atoms with Gasteiger partial charge in [0.15, 0.2) is 0 Å². The molecule has 0 N–H and O–H groups in total. The summed E-state index contributed by atoms with van der Waals surface area (Å²) < 4.78 is 0. The van der Waals surface area contributed by atoms with Crippen LogP contribution < -0.4 is 0 Å². The molecule has 1 aliphatic heterocycles. The van der Waals surface area contributed by atoms with E-state index in [-0.39, 0.29) is 5.54 Å². The van der Waals surface area contributed by atoms with Crippen molar-refractivity contribution in [2.45, 2.75) is 38.6 Å². The van der Waals surface area contributed by atoms with Crippen molar-refractivity contribution in [3.63, 3.8) is 0 Å². The molecule has 1 heteroatoms. The maximum Gasteiger partial charge on any atom is 0.0798 e. The Morgan fingerprint density at radius 3 is 2.41 bits per heavy atom. The molecule has 1 aliphatic rings. The second-order valence-electron chi connectivity index (χ2n) is 4.94. The minimum atomic E-state index is 0.0480. The molecule has 1 fully saturated rings. The van der Waals surface area contributed by atoms with E-state index in [9.17, 15) is 0 Å². The number of hydrogen-bond acceptors (Lipinski definition) is 1. The summed E-state index contributed by atoms with van der Waals surface area (Å²) in [5.74, 6) is 6.80. The Hall–Kier alpha value is -1.26. The normalized spacial score (nSPS) is 19.4. The number of benzene rings is 1. The minimum Gasteiger partial charge on any atom is -0.288 e. The maximum absolute atomic E-state index is 3.48. The molecule has 0 bridgehead atoms. The van der Waals surface area contributed by atoms with Gasteiger partial charge >= 0.3 is 0 Å². The highest BCUT2D eigenvalue weighted by Crippen LogP contribution is 2.23. The summed E-state index contributed by atoms with van der Waals surface area (Å²) in [6, 6.07) is 10.3. The topological polar surface area (TPSA) is 3.24 Å². The Balaban J connectivity index is 2.16. The Bertz CT molecular complexity index is 406. The summed E-state index contributed by atoms with van der Waals surface area (Å²) in [5, 5.41) is 0. The first-order chi connectivity index (χ1) is 8.24. The smallest absolute Gasteiger partial charge is 0.0798 e. The third-order valence-corrected chi connectivity index (χ3v) is 3.74. The van der Waals surface area contributed by atoms with Crippen molar-refractivity contribution in [1.82, 2.24) is 4.90 Å². The van der Waals surface area contributed by atoms with Crippen LogP contribution in [0.4, 0.5) is 0 Å². The summed E-state index contributed by atoms with van der Waals surface area (Å²) in [6.07, 6.45) is 3.73. The number of hydrogen-bond donors (Lipinski definition) is 0. The summed E-state index contributed by atoms with van der Waals surface area (Å²) in [5.41, 5.74) is 1.16. The lowest BCUT2D eigenvalue weighted by Crippen LogP contribution is -2.42. The molecular weight excluding hydrogens is 206 g/mol. The van der Waals surface area contributed by atoms with Gasteiger partial charge in [-0.2, -0.15) is 0 Å². The number of nitrogens with zero attached hydrogens (tertiary/aromatic N) is 1. The van der Waals surface area contributed by atoms with Crippen LogP contribution in [0.1, 0.15) is 38.7 Å². The van der Waals surface area contributed by atoms with E-state index in [0.29, 0.717) is 0 Å². The highest BCUT2D eigenvalue weighted by Gasteiger charge is 2.29. The monoisotopic (exact) mass is 227 g/mol. The van der Waals surface area contributed by atoms with Gasteiger partial charge in [0.1, 0.15) is 0 Å². The molecule has 1 unspecified atom stereocenters. The van der Waals surface area contributed by atoms with Gasteiger partial charge in [-0.15, -0.1) is 0 Å².